The lowest BCUT2D eigenvalue weighted by molar-refractivity contribution is 0.0951. The number of rotatable bonds is 9. The standard InChI is InChI=1S/C30H36N4O2/c1-32(2)27-13-9-24(10-14-27)7-5-17-33-18-20-34(21-19-33)28-8-4-6-25(22-28)23-31-30(35)26-11-15-29(36-3)16-12-26/h4-16,22H,17-21,23H2,1-3H3,(H,31,35). The summed E-state index contributed by atoms with van der Waals surface area (Å²) in [6.07, 6.45) is 4.46. The summed E-state index contributed by atoms with van der Waals surface area (Å²) in [5.41, 5.74) is 5.38. The summed E-state index contributed by atoms with van der Waals surface area (Å²) < 4.78 is 5.16. The predicted octanol–water partition coefficient (Wildman–Crippen LogP) is 4.53. The lowest BCUT2D eigenvalue weighted by atomic mass is 10.1. The highest BCUT2D eigenvalue weighted by molar-refractivity contribution is 5.94. The van der Waals surface area contributed by atoms with Crippen molar-refractivity contribution in [1.82, 2.24) is 10.2 Å². The summed E-state index contributed by atoms with van der Waals surface area (Å²) in [7, 11) is 5.73. The number of piperazine rings is 1. The van der Waals surface area contributed by atoms with Gasteiger partial charge in [0.05, 0.1) is 7.11 Å². The summed E-state index contributed by atoms with van der Waals surface area (Å²) in [4.78, 5) is 19.5. The summed E-state index contributed by atoms with van der Waals surface area (Å²) in [6.45, 7) is 5.50. The Balaban J connectivity index is 1.24. The van der Waals surface area contributed by atoms with Gasteiger partial charge in [0.15, 0.2) is 0 Å². The Morgan fingerprint density at radius 2 is 1.69 bits per heavy atom. The number of ether oxygens (including phenoxy) is 1. The van der Waals surface area contributed by atoms with Gasteiger partial charge in [-0.1, -0.05) is 36.4 Å². The van der Waals surface area contributed by atoms with Gasteiger partial charge in [0.2, 0.25) is 0 Å². The van der Waals surface area contributed by atoms with E-state index in [1.165, 1.54) is 16.9 Å². The number of methoxy groups -OCH3 is 1. The molecule has 1 fully saturated rings. The molecule has 1 N–H and O–H groups in total. The van der Waals surface area contributed by atoms with E-state index in [1.807, 2.05) is 0 Å². The second-order valence-corrected chi connectivity index (χ2v) is 9.26. The highest BCUT2D eigenvalue weighted by atomic mass is 16.5. The third-order valence-electron chi connectivity index (χ3n) is 6.54. The third kappa shape index (κ3) is 6.89. The number of hydrogen-bond donors (Lipinski definition) is 1. The van der Waals surface area contributed by atoms with E-state index < -0.39 is 0 Å². The quantitative estimate of drug-likeness (QED) is 0.484. The largest absolute Gasteiger partial charge is 0.497 e. The van der Waals surface area contributed by atoms with E-state index in [9.17, 15) is 4.79 Å². The monoisotopic (exact) mass is 484 g/mol. The van der Waals surface area contributed by atoms with Crippen molar-refractivity contribution in [3.05, 3.63) is 95.6 Å². The van der Waals surface area contributed by atoms with Crippen molar-refractivity contribution in [2.75, 3.05) is 63.7 Å². The number of hydrogen-bond acceptors (Lipinski definition) is 5. The van der Waals surface area contributed by atoms with Crippen molar-refractivity contribution in [1.29, 1.82) is 0 Å². The second kappa shape index (κ2) is 12.3. The maximum Gasteiger partial charge on any atom is 0.251 e. The van der Waals surface area contributed by atoms with Crippen LogP contribution in [0.5, 0.6) is 5.75 Å². The second-order valence-electron chi connectivity index (χ2n) is 9.26. The molecule has 1 aliphatic rings. The van der Waals surface area contributed by atoms with E-state index in [4.69, 9.17) is 4.74 Å². The minimum Gasteiger partial charge on any atom is -0.497 e. The topological polar surface area (TPSA) is 48.1 Å². The third-order valence-corrected chi connectivity index (χ3v) is 6.54. The first-order valence-electron chi connectivity index (χ1n) is 12.4. The number of nitrogens with one attached hydrogen (secondary N) is 1. The van der Waals surface area contributed by atoms with Gasteiger partial charge in [-0.15, -0.1) is 0 Å². The fourth-order valence-corrected chi connectivity index (χ4v) is 4.30. The molecule has 1 amide bonds. The van der Waals surface area contributed by atoms with Crippen LogP contribution in [-0.4, -0.2) is 64.7 Å². The van der Waals surface area contributed by atoms with Gasteiger partial charge in [-0.05, 0) is 59.7 Å². The molecule has 0 bridgehead atoms. The molecule has 0 aliphatic carbocycles. The Bertz CT molecular complexity index is 1150. The molecule has 0 spiro atoms. The fourth-order valence-electron chi connectivity index (χ4n) is 4.30. The molecule has 1 saturated heterocycles. The average molecular weight is 485 g/mol. The first-order valence-corrected chi connectivity index (χ1v) is 12.4. The molecular formula is C30H36N4O2. The van der Waals surface area contributed by atoms with Gasteiger partial charge >= 0.3 is 0 Å². The van der Waals surface area contributed by atoms with Crippen molar-refractivity contribution in [3.63, 3.8) is 0 Å². The zero-order valence-corrected chi connectivity index (χ0v) is 21.5. The van der Waals surface area contributed by atoms with Crippen LogP contribution < -0.4 is 19.9 Å². The molecule has 0 radical (unpaired) electrons. The van der Waals surface area contributed by atoms with E-state index in [0.717, 1.165) is 44.0 Å². The zero-order chi connectivity index (χ0) is 25.3. The smallest absolute Gasteiger partial charge is 0.251 e. The van der Waals surface area contributed by atoms with Crippen molar-refractivity contribution < 1.29 is 9.53 Å². The number of amides is 1. The summed E-state index contributed by atoms with van der Waals surface area (Å²) in [5, 5.41) is 3.02. The van der Waals surface area contributed by atoms with Gasteiger partial charge < -0.3 is 19.9 Å². The van der Waals surface area contributed by atoms with Crippen LogP contribution in [0, 0.1) is 0 Å². The molecular weight excluding hydrogens is 448 g/mol. The lowest BCUT2D eigenvalue weighted by Crippen LogP contribution is -2.46. The van der Waals surface area contributed by atoms with Gasteiger partial charge in [-0.25, -0.2) is 0 Å². The maximum atomic E-state index is 12.5. The van der Waals surface area contributed by atoms with E-state index in [2.05, 4.69) is 94.8 Å². The van der Waals surface area contributed by atoms with Crippen LogP contribution in [0.15, 0.2) is 78.9 Å². The Hall–Kier alpha value is -3.77. The molecule has 1 heterocycles. The first-order chi connectivity index (χ1) is 17.5. The fraction of sp³-hybridized carbons (Fsp3) is 0.300. The molecule has 36 heavy (non-hydrogen) atoms. The Morgan fingerprint density at radius 1 is 0.972 bits per heavy atom. The van der Waals surface area contributed by atoms with Crippen LogP contribution in [0.4, 0.5) is 11.4 Å². The number of benzene rings is 3. The highest BCUT2D eigenvalue weighted by Gasteiger charge is 2.16. The highest BCUT2D eigenvalue weighted by Crippen LogP contribution is 2.19. The number of nitrogens with zero attached hydrogens (tertiary/aromatic N) is 3. The molecule has 0 atom stereocenters. The van der Waals surface area contributed by atoms with Crippen LogP contribution in [0.1, 0.15) is 21.5 Å². The summed E-state index contributed by atoms with van der Waals surface area (Å²) in [6, 6.07) is 24.2. The summed E-state index contributed by atoms with van der Waals surface area (Å²) >= 11 is 0. The van der Waals surface area contributed by atoms with Crippen molar-refractivity contribution in [2.45, 2.75) is 6.54 Å². The van der Waals surface area contributed by atoms with Crippen LogP contribution in [0.25, 0.3) is 6.08 Å². The minimum absolute atomic E-state index is 0.0848. The Kier molecular flexibility index (Phi) is 8.63. The van der Waals surface area contributed by atoms with Gasteiger partial charge in [0, 0.05) is 70.3 Å². The van der Waals surface area contributed by atoms with Crippen molar-refractivity contribution in [3.8, 4) is 5.75 Å². The van der Waals surface area contributed by atoms with Crippen LogP contribution in [-0.2, 0) is 6.54 Å². The maximum absolute atomic E-state index is 12.5. The van der Waals surface area contributed by atoms with Crippen LogP contribution >= 0.6 is 0 Å². The van der Waals surface area contributed by atoms with Crippen molar-refractivity contribution >= 4 is 23.4 Å². The van der Waals surface area contributed by atoms with Crippen molar-refractivity contribution in [2.24, 2.45) is 0 Å². The normalized spacial score (nSPS) is 14.1. The first kappa shape index (κ1) is 25.3. The van der Waals surface area contributed by atoms with E-state index in [-0.39, 0.29) is 5.91 Å². The van der Waals surface area contributed by atoms with E-state index >= 15 is 0 Å². The van der Waals surface area contributed by atoms with E-state index in [1.54, 1.807) is 31.4 Å². The molecule has 0 unspecified atom stereocenters. The predicted molar refractivity (Wildman–Crippen MR) is 149 cm³/mol. The Labute approximate surface area is 214 Å². The number of anilines is 2. The van der Waals surface area contributed by atoms with Crippen LogP contribution in [0.3, 0.4) is 0 Å². The molecule has 188 valence electrons. The molecule has 0 saturated carbocycles. The van der Waals surface area contributed by atoms with E-state index in [0.29, 0.717) is 12.1 Å². The molecule has 6 heteroatoms. The minimum atomic E-state index is -0.0848. The average Bonchev–Trinajstić information content (AvgIpc) is 2.92. The molecule has 4 rings (SSSR count). The molecule has 3 aromatic rings. The molecule has 0 aromatic heterocycles. The number of carbonyl (C=O) groups is 1. The van der Waals surface area contributed by atoms with Gasteiger partial charge in [0.25, 0.3) is 5.91 Å². The molecule has 6 nitrogen and oxygen atoms in total. The number of carbonyl (C=O) groups excluding carboxylic acids is 1. The van der Waals surface area contributed by atoms with Gasteiger partial charge in [-0.2, -0.15) is 0 Å². The summed E-state index contributed by atoms with van der Waals surface area (Å²) in [5.74, 6) is 0.656. The SMILES string of the molecule is COc1ccc(C(=O)NCc2cccc(N3CCN(CC=Cc4ccc(N(C)C)cc4)CC3)c2)cc1. The van der Waals surface area contributed by atoms with Crippen LogP contribution in [0.2, 0.25) is 0 Å². The lowest BCUT2D eigenvalue weighted by Gasteiger charge is -2.35. The van der Waals surface area contributed by atoms with Gasteiger partial charge in [-0.3, -0.25) is 9.69 Å². The molecule has 1 aliphatic heterocycles. The Morgan fingerprint density at radius 3 is 2.36 bits per heavy atom. The molecule has 3 aromatic carbocycles. The zero-order valence-electron chi connectivity index (χ0n) is 21.5. The van der Waals surface area contributed by atoms with Gasteiger partial charge in [0.1, 0.15) is 5.75 Å².